The minimum Gasteiger partial charge on any atom is -0.504 e. The highest BCUT2D eigenvalue weighted by Gasteiger charge is 2.34. The number of methoxy groups -OCH3 is 2. The maximum atomic E-state index is 11.6. The van der Waals surface area contributed by atoms with Crippen LogP contribution in [0, 0.1) is 0 Å². The molecule has 4 heterocycles. The van der Waals surface area contributed by atoms with Crippen molar-refractivity contribution in [3.05, 3.63) is 94.0 Å². The van der Waals surface area contributed by atoms with E-state index in [2.05, 4.69) is 48.2 Å². The highest BCUT2D eigenvalue weighted by Crippen LogP contribution is 2.51. The Kier molecular flexibility index (Phi) is 7.26. The zero-order valence-electron chi connectivity index (χ0n) is 25.6. The van der Waals surface area contributed by atoms with E-state index in [0.717, 1.165) is 49.0 Å². The van der Waals surface area contributed by atoms with Crippen LogP contribution in [0.4, 0.5) is 0 Å². The summed E-state index contributed by atoms with van der Waals surface area (Å²) in [7, 11) is 7.46. The van der Waals surface area contributed by atoms with E-state index in [1.807, 2.05) is 30.3 Å². The van der Waals surface area contributed by atoms with Crippen molar-refractivity contribution in [3.8, 4) is 46.0 Å². The van der Waals surface area contributed by atoms with Gasteiger partial charge in [0.2, 0.25) is 5.75 Å². The van der Waals surface area contributed by atoms with Gasteiger partial charge in [-0.25, -0.2) is 0 Å². The molecule has 0 radical (unpaired) electrons. The molecule has 4 aliphatic rings. The van der Waals surface area contributed by atoms with E-state index in [0.29, 0.717) is 40.9 Å². The number of phenols is 2. The lowest BCUT2D eigenvalue weighted by Crippen LogP contribution is -2.34. The van der Waals surface area contributed by atoms with Gasteiger partial charge in [-0.15, -0.1) is 0 Å². The summed E-state index contributed by atoms with van der Waals surface area (Å²) in [4.78, 5) is 4.65. The summed E-state index contributed by atoms with van der Waals surface area (Å²) in [6.45, 7) is 1.75. The lowest BCUT2D eigenvalue weighted by atomic mass is 9.87. The van der Waals surface area contributed by atoms with Crippen molar-refractivity contribution in [2.75, 3.05) is 41.4 Å². The Balaban J connectivity index is 1.45. The molecule has 0 unspecified atom stereocenters. The number of ether oxygens (including phenoxy) is 4. The van der Waals surface area contributed by atoms with Gasteiger partial charge in [0.1, 0.15) is 5.75 Å². The fraction of sp³-hybridized carbons (Fsp3) is 0.333. The molecule has 0 fully saturated rings. The Morgan fingerprint density at radius 2 is 1.36 bits per heavy atom. The third-order valence-electron chi connectivity index (χ3n) is 9.46. The second-order valence-electron chi connectivity index (χ2n) is 12.1. The fourth-order valence-electron chi connectivity index (χ4n) is 6.94. The second kappa shape index (κ2) is 11.3. The number of hydrogen-bond acceptors (Lipinski definition) is 8. The van der Waals surface area contributed by atoms with Gasteiger partial charge in [-0.1, -0.05) is 18.2 Å². The van der Waals surface area contributed by atoms with E-state index in [1.54, 1.807) is 20.3 Å². The van der Waals surface area contributed by atoms with Crippen molar-refractivity contribution in [3.63, 3.8) is 0 Å². The zero-order chi connectivity index (χ0) is 30.5. The van der Waals surface area contributed by atoms with Crippen LogP contribution in [-0.4, -0.2) is 61.4 Å². The van der Waals surface area contributed by atoms with Crippen LogP contribution in [0.1, 0.15) is 45.5 Å². The third kappa shape index (κ3) is 4.98. The molecule has 0 saturated carbocycles. The van der Waals surface area contributed by atoms with Gasteiger partial charge >= 0.3 is 0 Å². The van der Waals surface area contributed by atoms with E-state index in [4.69, 9.17) is 18.9 Å². The van der Waals surface area contributed by atoms with Crippen LogP contribution in [0.15, 0.2) is 60.7 Å². The number of likely N-dealkylation sites (N-methyl/N-ethyl adjacent to an activating group) is 2. The van der Waals surface area contributed by atoms with Crippen LogP contribution in [0.2, 0.25) is 0 Å². The van der Waals surface area contributed by atoms with Gasteiger partial charge in [0.15, 0.2) is 34.5 Å². The maximum absolute atomic E-state index is 11.6. The standard InChI is InChI=1S/C36H38N2O6/c1-37-13-11-23-18-31(41-3)32-20-26(23)27(37)15-21-5-8-25(9-6-21)43-30-17-22(7-10-29(30)39)16-28-34-24(12-14-38(28)2)19-33(42-4)35(40)36(34)44-32/h5-10,17-20,27-28,39-40H,11-16H2,1-4H3/t27-,28-/m0/s1. The first-order chi connectivity index (χ1) is 21.3. The van der Waals surface area contributed by atoms with Crippen LogP contribution in [-0.2, 0) is 25.7 Å². The van der Waals surface area contributed by atoms with E-state index < -0.39 is 0 Å². The van der Waals surface area contributed by atoms with Crippen LogP contribution < -0.4 is 18.9 Å². The first-order valence-electron chi connectivity index (χ1n) is 15.1. The van der Waals surface area contributed by atoms with Gasteiger partial charge in [-0.05, 0) is 110 Å². The van der Waals surface area contributed by atoms with Crippen LogP contribution in [0.3, 0.4) is 0 Å². The molecule has 228 valence electrons. The molecule has 0 aliphatic carbocycles. The van der Waals surface area contributed by atoms with Crippen molar-refractivity contribution >= 4 is 0 Å². The highest BCUT2D eigenvalue weighted by molar-refractivity contribution is 5.63. The first-order valence-corrected chi connectivity index (χ1v) is 15.1. The normalized spacial score (nSPS) is 19.6. The minimum absolute atomic E-state index is 0.0383. The lowest BCUT2D eigenvalue weighted by Gasteiger charge is -2.37. The highest BCUT2D eigenvalue weighted by atomic mass is 16.5. The molecule has 0 spiro atoms. The largest absolute Gasteiger partial charge is 0.504 e. The van der Waals surface area contributed by atoms with Gasteiger partial charge in [0.25, 0.3) is 0 Å². The number of fused-ring (bicyclic) bond motifs is 2. The van der Waals surface area contributed by atoms with Crippen LogP contribution >= 0.6 is 0 Å². The van der Waals surface area contributed by atoms with Crippen molar-refractivity contribution in [1.29, 1.82) is 0 Å². The molecule has 0 amide bonds. The molecule has 8 nitrogen and oxygen atoms in total. The minimum atomic E-state index is -0.122. The number of rotatable bonds is 2. The molecule has 6 bridgehead atoms. The Morgan fingerprint density at radius 3 is 2.11 bits per heavy atom. The molecule has 44 heavy (non-hydrogen) atoms. The molecule has 2 N–H and O–H groups in total. The fourth-order valence-corrected chi connectivity index (χ4v) is 6.94. The topological polar surface area (TPSA) is 83.9 Å². The van der Waals surface area contributed by atoms with Gasteiger partial charge in [0.05, 0.1) is 14.2 Å². The smallest absolute Gasteiger partial charge is 0.201 e. The summed E-state index contributed by atoms with van der Waals surface area (Å²) in [6, 6.07) is 19.7. The predicted octanol–water partition coefficient (Wildman–Crippen LogP) is 6.56. The number of nitrogens with zero attached hydrogens (tertiary/aromatic N) is 2. The predicted molar refractivity (Wildman–Crippen MR) is 168 cm³/mol. The SMILES string of the molecule is COc1cc2c3cc1Oc1c(O)c(OC)cc4c1[C@H](Cc1ccc(O)c(c1)Oc1ccc(cc1)C[C@@H]3N(C)CC2)N(C)CC4. The van der Waals surface area contributed by atoms with E-state index in [1.165, 1.54) is 16.7 Å². The summed E-state index contributed by atoms with van der Waals surface area (Å²) in [5.41, 5.74) is 6.55. The quantitative estimate of drug-likeness (QED) is 0.270. The third-order valence-corrected chi connectivity index (χ3v) is 9.46. The summed E-state index contributed by atoms with van der Waals surface area (Å²) < 4.78 is 24.5. The van der Waals surface area contributed by atoms with Gasteiger partial charge in [-0.3, -0.25) is 9.80 Å². The average molecular weight is 595 g/mol. The molecule has 4 aliphatic heterocycles. The summed E-state index contributed by atoms with van der Waals surface area (Å²) in [5.74, 6) is 3.05. The molecule has 0 saturated heterocycles. The molecule has 4 aromatic rings. The zero-order valence-corrected chi connectivity index (χ0v) is 25.6. The number of phenolic OH excluding ortho intramolecular Hbond substituents is 2. The Bertz CT molecular complexity index is 1720. The van der Waals surface area contributed by atoms with Crippen LogP contribution in [0.5, 0.6) is 46.0 Å². The average Bonchev–Trinajstić information content (AvgIpc) is 3.03. The van der Waals surface area contributed by atoms with Crippen molar-refractivity contribution in [1.82, 2.24) is 9.80 Å². The molecule has 8 rings (SSSR count). The second-order valence-corrected chi connectivity index (χ2v) is 12.1. The molecule has 8 heteroatoms. The molecular formula is C36H38N2O6. The first kappa shape index (κ1) is 28.4. The molecule has 2 atom stereocenters. The van der Waals surface area contributed by atoms with Gasteiger partial charge in [0, 0.05) is 30.7 Å². The van der Waals surface area contributed by atoms with Crippen molar-refractivity contribution in [2.45, 2.75) is 37.8 Å². The monoisotopic (exact) mass is 594 g/mol. The molecule has 0 aromatic heterocycles. The Morgan fingerprint density at radius 1 is 0.705 bits per heavy atom. The summed E-state index contributed by atoms with van der Waals surface area (Å²) in [5, 5.41) is 22.3. The van der Waals surface area contributed by atoms with Gasteiger partial charge in [-0.2, -0.15) is 0 Å². The maximum Gasteiger partial charge on any atom is 0.201 e. The lowest BCUT2D eigenvalue weighted by molar-refractivity contribution is 0.220. The van der Waals surface area contributed by atoms with Gasteiger partial charge < -0.3 is 29.2 Å². The summed E-state index contributed by atoms with van der Waals surface area (Å²) >= 11 is 0. The van der Waals surface area contributed by atoms with Crippen molar-refractivity contribution in [2.24, 2.45) is 0 Å². The van der Waals surface area contributed by atoms with E-state index in [9.17, 15) is 10.2 Å². The Hall–Kier alpha value is -4.40. The Labute approximate surface area is 258 Å². The molecule has 4 aromatic carbocycles. The van der Waals surface area contributed by atoms with Crippen LogP contribution in [0.25, 0.3) is 0 Å². The van der Waals surface area contributed by atoms with E-state index >= 15 is 0 Å². The van der Waals surface area contributed by atoms with Crippen molar-refractivity contribution < 1.29 is 29.2 Å². The number of aromatic hydroxyl groups is 2. The number of benzene rings is 4. The van der Waals surface area contributed by atoms with E-state index in [-0.39, 0.29) is 23.6 Å². The number of hydrogen-bond donors (Lipinski definition) is 2. The molecular weight excluding hydrogens is 556 g/mol. The summed E-state index contributed by atoms with van der Waals surface area (Å²) in [6.07, 6.45) is 3.08.